The molecule has 39 heavy (non-hydrogen) atoms. The Bertz CT molecular complexity index is 1420. The van der Waals surface area contributed by atoms with Crippen LogP contribution in [0.2, 0.25) is 0 Å². The van der Waals surface area contributed by atoms with Gasteiger partial charge < -0.3 is 9.80 Å². The molecule has 0 N–H and O–H groups in total. The molecule has 2 saturated heterocycles. The number of nitrogens with zero attached hydrogens (tertiary/aromatic N) is 3. The number of para-hydroxylation sites is 1. The standard InChI is InChI=1S/C29H24F3N3O3S/c30-29(31,32)24-9-5-4-6-22(24)19-35-27(37)25(39-28(35)38)18-20-10-12-21(13-11-20)26(36)34-16-14-33(15-17-34)23-7-2-1-3-8-23/h1-13,18H,14-17,19H2/b25-18-. The number of carbonyl (C=O) groups excluding carboxylic acids is 3. The molecule has 0 unspecified atom stereocenters. The first kappa shape index (κ1) is 26.6. The molecule has 2 fully saturated rings. The number of rotatable bonds is 5. The van der Waals surface area contributed by atoms with Gasteiger partial charge in [0, 0.05) is 37.4 Å². The molecule has 0 spiro atoms. The quantitative estimate of drug-likeness (QED) is 0.370. The Balaban J connectivity index is 1.23. The summed E-state index contributed by atoms with van der Waals surface area (Å²) in [5.41, 5.74) is 1.21. The van der Waals surface area contributed by atoms with E-state index < -0.39 is 29.4 Å². The number of benzene rings is 3. The number of carbonyl (C=O) groups is 3. The third-order valence-electron chi connectivity index (χ3n) is 6.67. The molecule has 6 nitrogen and oxygen atoms in total. The Hall–Kier alpha value is -4.05. The molecule has 2 aliphatic heterocycles. The number of amides is 3. The van der Waals surface area contributed by atoms with Crippen molar-refractivity contribution in [2.75, 3.05) is 31.1 Å². The van der Waals surface area contributed by atoms with Crippen LogP contribution in [0, 0.1) is 0 Å². The van der Waals surface area contributed by atoms with Crippen molar-refractivity contribution in [1.29, 1.82) is 0 Å². The highest BCUT2D eigenvalue weighted by Gasteiger charge is 2.38. The Morgan fingerprint density at radius 2 is 1.49 bits per heavy atom. The number of piperazine rings is 1. The molecule has 0 bridgehead atoms. The Labute approximate surface area is 227 Å². The smallest absolute Gasteiger partial charge is 0.368 e. The minimum atomic E-state index is -4.59. The molecular formula is C29H24F3N3O3S. The predicted octanol–water partition coefficient (Wildman–Crippen LogP) is 5.90. The van der Waals surface area contributed by atoms with E-state index in [1.807, 2.05) is 30.3 Å². The molecule has 3 amide bonds. The first-order valence-electron chi connectivity index (χ1n) is 12.3. The topological polar surface area (TPSA) is 60.9 Å². The van der Waals surface area contributed by atoms with Gasteiger partial charge in [-0.05, 0) is 59.3 Å². The summed E-state index contributed by atoms with van der Waals surface area (Å²) in [7, 11) is 0. The number of alkyl halides is 3. The molecule has 0 saturated carbocycles. The van der Waals surface area contributed by atoms with Gasteiger partial charge in [0.2, 0.25) is 0 Å². The van der Waals surface area contributed by atoms with Gasteiger partial charge in [0.25, 0.3) is 17.1 Å². The van der Waals surface area contributed by atoms with Gasteiger partial charge in [0.1, 0.15) is 0 Å². The highest BCUT2D eigenvalue weighted by molar-refractivity contribution is 8.18. The molecular weight excluding hydrogens is 527 g/mol. The maximum absolute atomic E-state index is 13.3. The lowest BCUT2D eigenvalue weighted by Gasteiger charge is -2.36. The SMILES string of the molecule is O=C(c1ccc(/C=C2\SC(=O)N(Cc3ccccc3C(F)(F)F)C2=O)cc1)N1CCN(c2ccccc2)CC1. The van der Waals surface area contributed by atoms with Crippen LogP contribution in [0.15, 0.2) is 83.8 Å². The summed E-state index contributed by atoms with van der Waals surface area (Å²) >= 11 is 0.678. The van der Waals surface area contributed by atoms with Gasteiger partial charge in [0.15, 0.2) is 0 Å². The fourth-order valence-corrected chi connectivity index (χ4v) is 5.44. The van der Waals surface area contributed by atoms with E-state index in [1.165, 1.54) is 24.3 Å². The van der Waals surface area contributed by atoms with Crippen LogP contribution >= 0.6 is 11.8 Å². The third kappa shape index (κ3) is 5.85. The van der Waals surface area contributed by atoms with Gasteiger partial charge in [-0.15, -0.1) is 0 Å². The van der Waals surface area contributed by atoms with Crippen molar-refractivity contribution >= 4 is 40.6 Å². The lowest BCUT2D eigenvalue weighted by atomic mass is 10.1. The van der Waals surface area contributed by atoms with Crippen molar-refractivity contribution in [3.05, 3.63) is 106 Å². The van der Waals surface area contributed by atoms with E-state index in [0.29, 0.717) is 36.0 Å². The van der Waals surface area contributed by atoms with E-state index in [-0.39, 0.29) is 16.4 Å². The fourth-order valence-electron chi connectivity index (χ4n) is 4.60. The van der Waals surface area contributed by atoms with Crippen LogP contribution in [0.1, 0.15) is 27.0 Å². The molecule has 10 heteroatoms. The minimum absolute atomic E-state index is 0.0853. The first-order valence-corrected chi connectivity index (χ1v) is 13.1. The summed E-state index contributed by atoms with van der Waals surface area (Å²) in [4.78, 5) is 43.3. The number of anilines is 1. The molecule has 5 rings (SSSR count). The number of imide groups is 1. The van der Waals surface area contributed by atoms with Crippen LogP contribution in [0.25, 0.3) is 6.08 Å². The number of thioether (sulfide) groups is 1. The molecule has 2 aliphatic rings. The lowest BCUT2D eigenvalue weighted by Crippen LogP contribution is -2.48. The van der Waals surface area contributed by atoms with Crippen LogP contribution in [-0.4, -0.2) is 53.0 Å². The van der Waals surface area contributed by atoms with Crippen molar-refractivity contribution in [2.24, 2.45) is 0 Å². The zero-order valence-corrected chi connectivity index (χ0v) is 21.5. The Kier molecular flexibility index (Phi) is 7.47. The summed E-state index contributed by atoms with van der Waals surface area (Å²) < 4.78 is 40.0. The monoisotopic (exact) mass is 551 g/mol. The van der Waals surface area contributed by atoms with Crippen molar-refractivity contribution in [3.8, 4) is 0 Å². The highest BCUT2D eigenvalue weighted by atomic mass is 32.2. The molecule has 0 aliphatic carbocycles. The van der Waals surface area contributed by atoms with Gasteiger partial charge in [-0.1, -0.05) is 48.5 Å². The van der Waals surface area contributed by atoms with E-state index in [4.69, 9.17) is 0 Å². The van der Waals surface area contributed by atoms with Crippen LogP contribution in [0.3, 0.4) is 0 Å². The number of halogens is 3. The van der Waals surface area contributed by atoms with E-state index >= 15 is 0 Å². The Morgan fingerprint density at radius 3 is 2.15 bits per heavy atom. The van der Waals surface area contributed by atoms with Gasteiger partial charge in [0.05, 0.1) is 17.0 Å². The summed E-state index contributed by atoms with van der Waals surface area (Å²) in [6, 6.07) is 21.6. The third-order valence-corrected chi connectivity index (χ3v) is 7.58. The maximum atomic E-state index is 13.3. The molecule has 3 aromatic rings. The molecule has 0 aromatic heterocycles. The van der Waals surface area contributed by atoms with Crippen molar-refractivity contribution in [3.63, 3.8) is 0 Å². The fraction of sp³-hybridized carbons (Fsp3) is 0.207. The predicted molar refractivity (Wildman–Crippen MR) is 144 cm³/mol. The van der Waals surface area contributed by atoms with Crippen LogP contribution in [0.4, 0.5) is 23.7 Å². The van der Waals surface area contributed by atoms with Crippen LogP contribution < -0.4 is 4.90 Å². The number of hydrogen-bond acceptors (Lipinski definition) is 5. The zero-order chi connectivity index (χ0) is 27.6. The average molecular weight is 552 g/mol. The summed E-state index contributed by atoms with van der Waals surface area (Å²) in [5, 5.41) is -0.635. The van der Waals surface area contributed by atoms with E-state index in [9.17, 15) is 27.6 Å². The second-order valence-electron chi connectivity index (χ2n) is 9.16. The van der Waals surface area contributed by atoms with Gasteiger partial charge in [-0.2, -0.15) is 13.2 Å². The normalized spacial score (nSPS) is 17.3. The van der Waals surface area contributed by atoms with Crippen molar-refractivity contribution in [2.45, 2.75) is 12.7 Å². The van der Waals surface area contributed by atoms with Gasteiger partial charge in [-0.25, -0.2) is 0 Å². The lowest BCUT2D eigenvalue weighted by molar-refractivity contribution is -0.139. The van der Waals surface area contributed by atoms with Gasteiger partial charge in [-0.3, -0.25) is 19.3 Å². The zero-order valence-electron chi connectivity index (χ0n) is 20.7. The summed E-state index contributed by atoms with van der Waals surface area (Å²) in [6.07, 6.45) is -3.09. The molecule has 0 atom stereocenters. The summed E-state index contributed by atoms with van der Waals surface area (Å²) in [5.74, 6) is -0.740. The van der Waals surface area contributed by atoms with Crippen molar-refractivity contribution < 1.29 is 27.6 Å². The number of hydrogen-bond donors (Lipinski definition) is 0. The van der Waals surface area contributed by atoms with Crippen molar-refractivity contribution in [1.82, 2.24) is 9.80 Å². The Morgan fingerprint density at radius 1 is 0.846 bits per heavy atom. The van der Waals surface area contributed by atoms with E-state index in [0.717, 1.165) is 29.7 Å². The molecule has 3 aromatic carbocycles. The largest absolute Gasteiger partial charge is 0.416 e. The second kappa shape index (κ2) is 11.0. The van der Waals surface area contributed by atoms with Crippen LogP contribution in [0.5, 0.6) is 0 Å². The average Bonchev–Trinajstić information content (AvgIpc) is 3.20. The first-order chi connectivity index (χ1) is 18.7. The molecule has 0 radical (unpaired) electrons. The van der Waals surface area contributed by atoms with Crippen LogP contribution in [-0.2, 0) is 17.5 Å². The summed E-state index contributed by atoms with van der Waals surface area (Å²) in [6.45, 7) is 2.19. The van der Waals surface area contributed by atoms with E-state index in [1.54, 1.807) is 29.2 Å². The highest BCUT2D eigenvalue weighted by Crippen LogP contribution is 2.36. The van der Waals surface area contributed by atoms with E-state index in [2.05, 4.69) is 4.90 Å². The van der Waals surface area contributed by atoms with Gasteiger partial charge >= 0.3 is 6.18 Å². The molecule has 2 heterocycles. The second-order valence-corrected chi connectivity index (χ2v) is 10.2. The minimum Gasteiger partial charge on any atom is -0.368 e. The maximum Gasteiger partial charge on any atom is 0.416 e. The molecule has 200 valence electrons.